The molecule has 2 aromatic carbocycles. The lowest BCUT2D eigenvalue weighted by atomic mass is 10.2. The van der Waals surface area contributed by atoms with Crippen molar-refractivity contribution in [3.63, 3.8) is 0 Å². The van der Waals surface area contributed by atoms with Gasteiger partial charge in [-0.15, -0.1) is 11.3 Å². The van der Waals surface area contributed by atoms with Gasteiger partial charge in [0.2, 0.25) is 10.0 Å². The summed E-state index contributed by atoms with van der Waals surface area (Å²) >= 11 is 4.62. The van der Waals surface area contributed by atoms with Gasteiger partial charge in [0.25, 0.3) is 5.91 Å². The molecule has 0 bridgehead atoms. The van der Waals surface area contributed by atoms with E-state index in [-0.39, 0.29) is 22.1 Å². The van der Waals surface area contributed by atoms with E-state index >= 15 is 0 Å². The molecule has 1 aliphatic rings. The van der Waals surface area contributed by atoms with Crippen molar-refractivity contribution < 1.29 is 22.7 Å². The average Bonchev–Trinajstić information content (AvgIpc) is 3.35. The van der Waals surface area contributed by atoms with Crippen molar-refractivity contribution >= 4 is 54.9 Å². The Morgan fingerprint density at radius 2 is 1.79 bits per heavy atom. The molecule has 1 fully saturated rings. The highest BCUT2D eigenvalue weighted by molar-refractivity contribution is 9.10. The lowest BCUT2D eigenvalue weighted by Gasteiger charge is -2.26. The van der Waals surface area contributed by atoms with Gasteiger partial charge in [0, 0.05) is 29.3 Å². The summed E-state index contributed by atoms with van der Waals surface area (Å²) in [4.78, 5) is 25.6. The molecule has 3 aromatic rings. The maximum absolute atomic E-state index is 13.1. The maximum atomic E-state index is 13.1. The van der Waals surface area contributed by atoms with Gasteiger partial charge >= 0.3 is 5.97 Å². The summed E-state index contributed by atoms with van der Waals surface area (Å²) in [6.45, 7) is 0.931. The van der Waals surface area contributed by atoms with E-state index in [2.05, 4.69) is 21.2 Å². The van der Waals surface area contributed by atoms with Crippen LogP contribution in [0.5, 0.6) is 5.75 Å². The summed E-state index contributed by atoms with van der Waals surface area (Å²) in [5, 5.41) is 4.57. The largest absolute Gasteiger partial charge is 0.423 e. The van der Waals surface area contributed by atoms with E-state index in [4.69, 9.17) is 4.74 Å². The number of rotatable bonds is 6. The summed E-state index contributed by atoms with van der Waals surface area (Å²) in [5.74, 6) is -0.722. The number of hydrogen-bond donors (Lipinski definition) is 1. The first-order chi connectivity index (χ1) is 15.8. The third-order valence-electron chi connectivity index (χ3n) is 5.15. The molecule has 0 atom stereocenters. The van der Waals surface area contributed by atoms with Crippen molar-refractivity contribution in [2.45, 2.75) is 24.2 Å². The molecule has 0 saturated carbocycles. The zero-order valence-corrected chi connectivity index (χ0v) is 20.7. The maximum Gasteiger partial charge on any atom is 0.343 e. The number of thiophene rings is 1. The minimum absolute atomic E-state index is 0.0378. The van der Waals surface area contributed by atoms with Gasteiger partial charge in [0.15, 0.2) is 0 Å². The molecular weight excluding hydrogens is 528 g/mol. The van der Waals surface area contributed by atoms with Crippen molar-refractivity contribution in [2.24, 2.45) is 0 Å². The SMILES string of the molecule is O=C(Oc1cccc(NC(=O)c2cccs2)c1)c1ccc(Br)c(S(=O)(=O)N2CCCCC2)c1. The Morgan fingerprint density at radius 3 is 2.52 bits per heavy atom. The molecule has 1 aromatic heterocycles. The summed E-state index contributed by atoms with van der Waals surface area (Å²) in [5.41, 5.74) is 0.588. The third-order valence-corrected chi connectivity index (χ3v) is 8.91. The number of nitrogens with zero attached hydrogens (tertiary/aromatic N) is 1. The first-order valence-corrected chi connectivity index (χ1v) is 13.4. The van der Waals surface area contributed by atoms with Gasteiger partial charge in [0.05, 0.1) is 15.3 Å². The summed E-state index contributed by atoms with van der Waals surface area (Å²) in [6, 6.07) is 14.3. The number of hydrogen-bond acceptors (Lipinski definition) is 6. The number of anilines is 1. The molecule has 1 N–H and O–H groups in total. The van der Waals surface area contributed by atoms with Crippen molar-refractivity contribution in [2.75, 3.05) is 18.4 Å². The molecule has 1 aliphatic heterocycles. The fourth-order valence-corrected chi connectivity index (χ4v) is 6.56. The first kappa shape index (κ1) is 23.6. The van der Waals surface area contributed by atoms with Gasteiger partial charge in [-0.3, -0.25) is 4.79 Å². The predicted octanol–water partition coefficient (Wildman–Crippen LogP) is 5.16. The minimum Gasteiger partial charge on any atom is -0.423 e. The second-order valence-corrected chi connectivity index (χ2v) is 11.2. The molecule has 33 heavy (non-hydrogen) atoms. The van der Waals surface area contributed by atoms with Crippen LogP contribution in [-0.2, 0) is 10.0 Å². The third kappa shape index (κ3) is 5.52. The van der Waals surface area contributed by atoms with Crippen molar-refractivity contribution in [1.82, 2.24) is 4.31 Å². The number of esters is 1. The molecule has 10 heteroatoms. The summed E-state index contributed by atoms with van der Waals surface area (Å²) < 4.78 is 33.5. The van der Waals surface area contributed by atoms with E-state index in [0.717, 1.165) is 19.3 Å². The van der Waals surface area contributed by atoms with Gasteiger partial charge in [-0.2, -0.15) is 4.31 Å². The lowest BCUT2D eigenvalue weighted by molar-refractivity contribution is 0.0734. The molecule has 4 rings (SSSR count). The average molecular weight is 549 g/mol. The smallest absolute Gasteiger partial charge is 0.343 e. The Morgan fingerprint density at radius 1 is 1.00 bits per heavy atom. The molecule has 7 nitrogen and oxygen atoms in total. The van der Waals surface area contributed by atoms with E-state index in [1.807, 2.05) is 5.38 Å². The van der Waals surface area contributed by atoms with Crippen molar-refractivity contribution in [3.05, 3.63) is 74.9 Å². The Hall–Kier alpha value is -2.53. The number of ether oxygens (including phenoxy) is 1. The van der Waals surface area contributed by atoms with Crippen LogP contribution in [0.25, 0.3) is 0 Å². The Labute approximate surface area is 204 Å². The van der Waals surface area contributed by atoms with E-state index in [0.29, 0.717) is 28.1 Å². The predicted molar refractivity (Wildman–Crippen MR) is 130 cm³/mol. The van der Waals surface area contributed by atoms with Gasteiger partial charge < -0.3 is 10.1 Å². The van der Waals surface area contributed by atoms with Gasteiger partial charge in [-0.25, -0.2) is 13.2 Å². The Balaban J connectivity index is 1.51. The van der Waals surface area contributed by atoms with E-state index in [1.54, 1.807) is 30.3 Å². The molecule has 0 radical (unpaired) electrons. The number of nitrogens with one attached hydrogen (secondary N) is 1. The zero-order valence-electron chi connectivity index (χ0n) is 17.5. The fraction of sp³-hybridized carbons (Fsp3) is 0.217. The highest BCUT2D eigenvalue weighted by Gasteiger charge is 2.29. The molecule has 0 spiro atoms. The van der Waals surface area contributed by atoms with E-state index < -0.39 is 16.0 Å². The van der Waals surface area contributed by atoms with Crippen molar-refractivity contribution in [3.8, 4) is 5.75 Å². The topological polar surface area (TPSA) is 92.8 Å². The lowest BCUT2D eigenvalue weighted by Crippen LogP contribution is -2.35. The molecule has 172 valence electrons. The number of carbonyl (C=O) groups excluding carboxylic acids is 2. The van der Waals surface area contributed by atoms with E-state index in [9.17, 15) is 18.0 Å². The van der Waals surface area contributed by atoms with Crippen LogP contribution in [0.4, 0.5) is 5.69 Å². The number of benzene rings is 2. The monoisotopic (exact) mass is 548 g/mol. The fourth-order valence-electron chi connectivity index (χ4n) is 3.48. The number of carbonyl (C=O) groups is 2. The zero-order chi connectivity index (χ0) is 23.4. The van der Waals surface area contributed by atoms with Gasteiger partial charge in [-0.05, 0) is 70.5 Å². The van der Waals surface area contributed by atoms with Gasteiger partial charge in [0.1, 0.15) is 5.75 Å². The molecule has 1 saturated heterocycles. The van der Waals surface area contributed by atoms with Crippen LogP contribution in [0.15, 0.2) is 69.3 Å². The Bertz CT molecular complexity index is 1270. The molecule has 0 aliphatic carbocycles. The molecular formula is C23H21BrN2O5S2. The minimum atomic E-state index is -3.73. The van der Waals surface area contributed by atoms with Gasteiger partial charge in [-0.1, -0.05) is 18.6 Å². The van der Waals surface area contributed by atoms with Crippen LogP contribution in [0.1, 0.15) is 39.3 Å². The normalized spacial score (nSPS) is 14.6. The standard InChI is InChI=1S/C23H21BrN2O5S2/c24-19-10-9-16(14-21(19)33(29,30)26-11-2-1-3-12-26)23(28)31-18-7-4-6-17(15-18)25-22(27)20-8-5-13-32-20/h4-10,13-15H,1-3,11-12H2,(H,25,27). The number of amides is 1. The van der Waals surface area contributed by atoms with Crippen LogP contribution in [-0.4, -0.2) is 37.7 Å². The summed E-state index contributed by atoms with van der Waals surface area (Å²) in [6.07, 6.45) is 2.64. The highest BCUT2D eigenvalue weighted by Crippen LogP contribution is 2.29. The number of halogens is 1. The number of piperidine rings is 1. The van der Waals surface area contributed by atoms with Crippen LogP contribution in [0.2, 0.25) is 0 Å². The summed E-state index contributed by atoms with van der Waals surface area (Å²) in [7, 11) is -3.73. The van der Waals surface area contributed by atoms with Crippen molar-refractivity contribution in [1.29, 1.82) is 0 Å². The van der Waals surface area contributed by atoms with Crippen LogP contribution in [0, 0.1) is 0 Å². The quantitative estimate of drug-likeness (QED) is 0.339. The van der Waals surface area contributed by atoms with Crippen LogP contribution >= 0.6 is 27.3 Å². The first-order valence-electron chi connectivity index (χ1n) is 10.3. The second-order valence-electron chi connectivity index (χ2n) is 7.46. The molecule has 2 heterocycles. The highest BCUT2D eigenvalue weighted by atomic mass is 79.9. The molecule has 0 unspecified atom stereocenters. The number of sulfonamides is 1. The van der Waals surface area contributed by atoms with Crippen LogP contribution < -0.4 is 10.1 Å². The molecule has 1 amide bonds. The second kappa shape index (κ2) is 10.2. The van der Waals surface area contributed by atoms with E-state index in [1.165, 1.54) is 39.9 Å². The van der Waals surface area contributed by atoms with Crippen LogP contribution in [0.3, 0.4) is 0 Å². The Kier molecular flexibility index (Phi) is 7.28.